The van der Waals surface area contributed by atoms with E-state index in [2.05, 4.69) is 42.3 Å². The molecule has 5 nitrogen and oxygen atoms in total. The van der Waals surface area contributed by atoms with Gasteiger partial charge < -0.3 is 11.1 Å². The molecule has 0 saturated heterocycles. The third-order valence-electron chi connectivity index (χ3n) is 2.94. The summed E-state index contributed by atoms with van der Waals surface area (Å²) in [5, 5.41) is 7.07. The number of anilines is 2. The predicted octanol–water partition coefficient (Wildman–Crippen LogP) is 3.25. The Morgan fingerprint density at radius 3 is 2.65 bits per heavy atom. The summed E-state index contributed by atoms with van der Waals surface area (Å²) in [7, 11) is 0. The number of hydrogen-bond donors (Lipinski definition) is 2. The van der Waals surface area contributed by atoms with Crippen LogP contribution in [0.3, 0.4) is 0 Å². The second-order valence-electron chi connectivity index (χ2n) is 4.41. The summed E-state index contributed by atoms with van der Waals surface area (Å²) in [5.74, 6) is -0.154. The van der Waals surface area contributed by atoms with Gasteiger partial charge in [-0.3, -0.25) is 9.48 Å². The molecule has 1 aromatic heterocycles. The largest absolute Gasteiger partial charge is 0.396 e. The molecule has 0 bridgehead atoms. The van der Waals surface area contributed by atoms with Gasteiger partial charge >= 0.3 is 0 Å². The van der Waals surface area contributed by atoms with Crippen molar-refractivity contribution < 1.29 is 4.79 Å². The van der Waals surface area contributed by atoms with Gasteiger partial charge in [-0.2, -0.15) is 5.10 Å². The van der Waals surface area contributed by atoms with Crippen LogP contribution >= 0.6 is 31.9 Å². The molecule has 0 atom stereocenters. The molecular formula is C13H14Br2N4O. The number of carbonyl (C=O) groups is 1. The van der Waals surface area contributed by atoms with Crippen LogP contribution in [0.2, 0.25) is 0 Å². The average molecular weight is 402 g/mol. The fraction of sp³-hybridized carbons (Fsp3) is 0.231. The van der Waals surface area contributed by atoms with Crippen LogP contribution in [0.5, 0.6) is 0 Å². The van der Waals surface area contributed by atoms with Crippen molar-refractivity contribution >= 4 is 49.1 Å². The molecule has 2 aromatic rings. The molecule has 0 unspecified atom stereocenters. The summed E-state index contributed by atoms with van der Waals surface area (Å²) < 4.78 is 3.36. The molecule has 3 N–H and O–H groups in total. The smallest absolute Gasteiger partial charge is 0.246 e. The van der Waals surface area contributed by atoms with Crippen LogP contribution < -0.4 is 11.1 Å². The van der Waals surface area contributed by atoms with Gasteiger partial charge in [0.2, 0.25) is 5.91 Å². The maximum absolute atomic E-state index is 12.0. The highest BCUT2D eigenvalue weighted by atomic mass is 79.9. The van der Waals surface area contributed by atoms with Gasteiger partial charge in [-0.05, 0) is 48.0 Å². The number of carbonyl (C=O) groups excluding carboxylic acids is 1. The highest BCUT2D eigenvalue weighted by molar-refractivity contribution is 9.11. The second-order valence-corrected chi connectivity index (χ2v) is 6.18. The van der Waals surface area contributed by atoms with Gasteiger partial charge in [0.25, 0.3) is 0 Å². The Bertz CT molecular complexity index is 667. The van der Waals surface area contributed by atoms with E-state index in [1.54, 1.807) is 4.68 Å². The zero-order valence-corrected chi connectivity index (χ0v) is 14.2. The minimum Gasteiger partial charge on any atom is -0.396 e. The first-order valence-corrected chi connectivity index (χ1v) is 7.51. The van der Waals surface area contributed by atoms with Crippen molar-refractivity contribution in [3.63, 3.8) is 0 Å². The second kappa shape index (κ2) is 5.97. The lowest BCUT2D eigenvalue weighted by Gasteiger charge is -2.09. The number of halogens is 2. The third kappa shape index (κ3) is 3.21. The number of amides is 1. The first-order chi connectivity index (χ1) is 9.38. The Kier molecular flexibility index (Phi) is 4.49. The third-order valence-corrected chi connectivity index (χ3v) is 4.09. The van der Waals surface area contributed by atoms with E-state index < -0.39 is 0 Å². The van der Waals surface area contributed by atoms with Gasteiger partial charge in [0.15, 0.2) is 0 Å². The summed E-state index contributed by atoms with van der Waals surface area (Å²) in [4.78, 5) is 12.0. The molecule has 0 radical (unpaired) electrons. The highest BCUT2D eigenvalue weighted by Gasteiger charge is 2.12. The van der Waals surface area contributed by atoms with E-state index in [1.165, 1.54) is 0 Å². The number of benzene rings is 1. The van der Waals surface area contributed by atoms with Crippen molar-refractivity contribution in [3.8, 4) is 0 Å². The Morgan fingerprint density at radius 1 is 1.40 bits per heavy atom. The van der Waals surface area contributed by atoms with E-state index in [0.717, 1.165) is 20.3 Å². The van der Waals surface area contributed by atoms with Gasteiger partial charge in [0, 0.05) is 8.95 Å². The molecular weight excluding hydrogens is 388 g/mol. The summed E-state index contributed by atoms with van der Waals surface area (Å²) in [6.07, 6.45) is 0. The summed E-state index contributed by atoms with van der Waals surface area (Å²) in [6.45, 7) is 3.80. The van der Waals surface area contributed by atoms with Gasteiger partial charge in [-0.25, -0.2) is 0 Å². The van der Waals surface area contributed by atoms with Crippen LogP contribution in [0.15, 0.2) is 27.1 Å². The normalized spacial score (nSPS) is 10.6. The van der Waals surface area contributed by atoms with E-state index in [1.807, 2.05) is 32.0 Å². The van der Waals surface area contributed by atoms with Crippen LogP contribution in [-0.2, 0) is 11.3 Å². The number of rotatable bonds is 3. The Morgan fingerprint density at radius 2 is 2.10 bits per heavy atom. The van der Waals surface area contributed by atoms with Crippen molar-refractivity contribution in [3.05, 3.63) is 38.5 Å². The van der Waals surface area contributed by atoms with Gasteiger partial charge in [-0.1, -0.05) is 15.9 Å². The topological polar surface area (TPSA) is 72.9 Å². The lowest BCUT2D eigenvalue weighted by atomic mass is 10.3. The zero-order valence-electron chi connectivity index (χ0n) is 11.1. The number of nitrogen functional groups attached to an aromatic ring is 1. The summed E-state index contributed by atoms with van der Waals surface area (Å²) in [6, 6.07) is 5.56. The van der Waals surface area contributed by atoms with E-state index in [0.29, 0.717) is 11.4 Å². The zero-order chi connectivity index (χ0) is 14.9. The number of nitrogens with two attached hydrogens (primary N) is 1. The number of nitrogens with one attached hydrogen (secondary N) is 1. The molecule has 0 aliphatic heterocycles. The Balaban J connectivity index is 2.11. The lowest BCUT2D eigenvalue weighted by molar-refractivity contribution is -0.116. The fourth-order valence-corrected chi connectivity index (χ4v) is 2.93. The van der Waals surface area contributed by atoms with Crippen LogP contribution in [-0.4, -0.2) is 15.7 Å². The quantitative estimate of drug-likeness (QED) is 0.828. The van der Waals surface area contributed by atoms with Crippen molar-refractivity contribution in [1.82, 2.24) is 9.78 Å². The van der Waals surface area contributed by atoms with Crippen LogP contribution in [0.4, 0.5) is 11.4 Å². The van der Waals surface area contributed by atoms with Crippen molar-refractivity contribution in [2.24, 2.45) is 0 Å². The Labute approximate surface area is 133 Å². The minimum atomic E-state index is -0.154. The summed E-state index contributed by atoms with van der Waals surface area (Å²) in [5.41, 5.74) is 8.72. The first-order valence-electron chi connectivity index (χ1n) is 5.93. The molecule has 7 heteroatoms. The van der Waals surface area contributed by atoms with Crippen molar-refractivity contribution in [1.29, 1.82) is 0 Å². The standard InChI is InChI=1S/C13H14Br2N4O/c1-7-13(16)8(2)19(18-7)6-12(20)17-11-4-3-9(14)5-10(11)15/h3-5H,6,16H2,1-2H3,(H,17,20). The monoisotopic (exact) mass is 400 g/mol. The van der Waals surface area contributed by atoms with Crippen molar-refractivity contribution in [2.75, 3.05) is 11.1 Å². The fourth-order valence-electron chi connectivity index (χ4n) is 1.78. The summed E-state index contributed by atoms with van der Waals surface area (Å²) >= 11 is 6.77. The minimum absolute atomic E-state index is 0.131. The lowest BCUT2D eigenvalue weighted by Crippen LogP contribution is -2.20. The molecule has 2 rings (SSSR count). The van der Waals surface area contributed by atoms with Crippen LogP contribution in [0, 0.1) is 13.8 Å². The Hall–Kier alpha value is -1.34. The predicted molar refractivity (Wildman–Crippen MR) is 86.6 cm³/mol. The number of aryl methyl sites for hydroxylation is 1. The maximum atomic E-state index is 12.0. The molecule has 0 aliphatic carbocycles. The molecule has 0 saturated carbocycles. The van der Waals surface area contributed by atoms with Crippen molar-refractivity contribution in [2.45, 2.75) is 20.4 Å². The molecule has 0 aliphatic rings. The van der Waals surface area contributed by atoms with Gasteiger partial charge in [0.1, 0.15) is 6.54 Å². The van der Waals surface area contributed by atoms with E-state index in [-0.39, 0.29) is 12.5 Å². The molecule has 106 valence electrons. The maximum Gasteiger partial charge on any atom is 0.246 e. The molecule has 0 fully saturated rings. The van der Waals surface area contributed by atoms with Crippen LogP contribution in [0.25, 0.3) is 0 Å². The van der Waals surface area contributed by atoms with Gasteiger partial charge in [0.05, 0.1) is 22.8 Å². The first kappa shape index (κ1) is 15.1. The SMILES string of the molecule is Cc1nn(CC(=O)Nc2ccc(Br)cc2Br)c(C)c1N. The highest BCUT2D eigenvalue weighted by Crippen LogP contribution is 2.26. The number of nitrogens with zero attached hydrogens (tertiary/aromatic N) is 2. The van der Waals surface area contributed by atoms with Gasteiger partial charge in [-0.15, -0.1) is 0 Å². The van der Waals surface area contributed by atoms with E-state index in [4.69, 9.17) is 5.73 Å². The number of aromatic nitrogens is 2. The molecule has 1 aromatic carbocycles. The van der Waals surface area contributed by atoms with E-state index in [9.17, 15) is 4.79 Å². The van der Waals surface area contributed by atoms with E-state index >= 15 is 0 Å². The molecule has 20 heavy (non-hydrogen) atoms. The molecule has 1 heterocycles. The van der Waals surface area contributed by atoms with Crippen LogP contribution in [0.1, 0.15) is 11.4 Å². The molecule has 0 spiro atoms. The number of hydrogen-bond acceptors (Lipinski definition) is 3. The average Bonchev–Trinajstić information content (AvgIpc) is 2.61. The molecule has 1 amide bonds.